The molecule has 5 nitrogen and oxygen atoms in total. The van der Waals surface area contributed by atoms with Crippen molar-refractivity contribution in [2.24, 2.45) is 0 Å². The van der Waals surface area contributed by atoms with Crippen LogP contribution in [0, 0.1) is 0 Å². The van der Waals surface area contributed by atoms with Crippen LogP contribution in [0.4, 0.5) is 26.3 Å². The van der Waals surface area contributed by atoms with Crippen molar-refractivity contribution in [3.05, 3.63) is 59.2 Å². The number of hydrogen-bond donors (Lipinski definition) is 1. The lowest BCUT2D eigenvalue weighted by atomic mass is 9.90. The molecule has 1 fully saturated rings. The molecule has 0 spiro atoms. The van der Waals surface area contributed by atoms with Crippen LogP contribution in [0.15, 0.2) is 42.5 Å². The average Bonchev–Trinajstić information content (AvgIpc) is 2.81. The first kappa shape index (κ1) is 26.6. The average molecular weight is 502 g/mol. The van der Waals surface area contributed by atoms with Crippen molar-refractivity contribution < 1.29 is 41.0 Å². The quantitative estimate of drug-likeness (QED) is 0.465. The molecule has 0 aliphatic carbocycles. The lowest BCUT2D eigenvalue weighted by Gasteiger charge is -2.33. The molecular formula is C24H24F6N2O3. The summed E-state index contributed by atoms with van der Waals surface area (Å²) < 4.78 is 88.0. The van der Waals surface area contributed by atoms with E-state index in [2.05, 4.69) is 0 Å². The normalized spacial score (nSPS) is 15.6. The van der Waals surface area contributed by atoms with Gasteiger partial charge in [0.15, 0.2) is 0 Å². The van der Waals surface area contributed by atoms with E-state index in [-0.39, 0.29) is 36.6 Å². The third-order valence-electron chi connectivity index (χ3n) is 5.72. The van der Waals surface area contributed by atoms with Gasteiger partial charge < -0.3 is 14.7 Å². The number of piperazine rings is 1. The molecule has 1 amide bonds. The summed E-state index contributed by atoms with van der Waals surface area (Å²) in [5.74, 6) is -0.452. The molecule has 3 rings (SSSR count). The monoisotopic (exact) mass is 502 g/mol. The van der Waals surface area contributed by atoms with Crippen molar-refractivity contribution in [2.45, 2.75) is 12.4 Å². The molecule has 0 unspecified atom stereocenters. The van der Waals surface area contributed by atoms with Crippen LogP contribution in [0.1, 0.15) is 16.7 Å². The molecular weight excluding hydrogens is 478 g/mol. The number of para-hydroxylation sites is 1. The number of aliphatic hydroxyl groups excluding tert-OH is 1. The molecule has 2 aromatic carbocycles. The predicted molar refractivity (Wildman–Crippen MR) is 118 cm³/mol. The number of carbonyl (C=O) groups excluding carboxylic acids is 1. The van der Waals surface area contributed by atoms with Gasteiger partial charge in [-0.15, -0.1) is 0 Å². The summed E-state index contributed by atoms with van der Waals surface area (Å²) in [6.45, 7) is 1.86. The van der Waals surface area contributed by atoms with E-state index in [9.17, 15) is 31.1 Å². The number of benzene rings is 2. The molecule has 0 radical (unpaired) electrons. The summed E-state index contributed by atoms with van der Waals surface area (Å²) in [4.78, 5) is 16.0. The van der Waals surface area contributed by atoms with Gasteiger partial charge in [-0.25, -0.2) is 0 Å². The molecule has 0 atom stereocenters. The van der Waals surface area contributed by atoms with Gasteiger partial charge in [0.05, 0.1) is 24.8 Å². The largest absolute Gasteiger partial charge is 0.496 e. The summed E-state index contributed by atoms with van der Waals surface area (Å²) in [6.07, 6.45) is -8.95. The van der Waals surface area contributed by atoms with Gasteiger partial charge in [-0.2, -0.15) is 26.3 Å². The zero-order valence-corrected chi connectivity index (χ0v) is 18.8. The first-order valence-corrected chi connectivity index (χ1v) is 10.7. The third-order valence-corrected chi connectivity index (χ3v) is 5.72. The molecule has 0 saturated carbocycles. The summed E-state index contributed by atoms with van der Waals surface area (Å²) in [5.41, 5.74) is -4.48. The number of hydrogen-bond acceptors (Lipinski definition) is 4. The van der Waals surface area contributed by atoms with Crippen molar-refractivity contribution in [1.82, 2.24) is 9.80 Å². The Morgan fingerprint density at radius 3 is 2.20 bits per heavy atom. The van der Waals surface area contributed by atoms with Crippen LogP contribution < -0.4 is 4.74 Å². The Morgan fingerprint density at radius 1 is 0.971 bits per heavy atom. The van der Waals surface area contributed by atoms with Crippen LogP contribution in [-0.4, -0.2) is 67.3 Å². The van der Waals surface area contributed by atoms with Gasteiger partial charge in [0.1, 0.15) is 5.75 Å². The molecule has 1 N–H and O–H groups in total. The molecule has 2 aromatic rings. The Morgan fingerprint density at radius 2 is 1.63 bits per heavy atom. The molecule has 35 heavy (non-hydrogen) atoms. The Labute approximate surface area is 198 Å². The fourth-order valence-electron chi connectivity index (χ4n) is 4.03. The van der Waals surface area contributed by atoms with E-state index in [0.717, 1.165) is 18.2 Å². The smallest absolute Gasteiger partial charge is 0.417 e. The number of methoxy groups -OCH3 is 1. The minimum Gasteiger partial charge on any atom is -0.496 e. The minimum absolute atomic E-state index is 0.0463. The van der Waals surface area contributed by atoms with E-state index in [4.69, 9.17) is 9.84 Å². The van der Waals surface area contributed by atoms with E-state index >= 15 is 0 Å². The van der Waals surface area contributed by atoms with Crippen molar-refractivity contribution >= 4 is 12.0 Å². The summed E-state index contributed by atoms with van der Waals surface area (Å²) in [7, 11) is 1.29. The lowest BCUT2D eigenvalue weighted by molar-refractivity contribution is -0.162. The standard InChI is InChI=1S/C24H24F6N2O3/c1-35-20-5-3-2-4-17(20)16-6-8-19(23(25,26)27)22(24(28,29)30)18(16)7-9-21(34)32-12-10-31(11-13-32)14-15-33/h2-9,33H,10-15H2,1H3/b9-7+. The van der Waals surface area contributed by atoms with E-state index in [1.54, 1.807) is 6.07 Å². The summed E-state index contributed by atoms with van der Waals surface area (Å²) in [6, 6.07) is 7.35. The second-order valence-corrected chi connectivity index (χ2v) is 7.87. The van der Waals surface area contributed by atoms with Gasteiger partial charge in [-0.3, -0.25) is 9.69 Å². The van der Waals surface area contributed by atoms with E-state index in [1.165, 1.54) is 30.2 Å². The van der Waals surface area contributed by atoms with Gasteiger partial charge in [-0.1, -0.05) is 24.3 Å². The zero-order valence-electron chi connectivity index (χ0n) is 18.8. The molecule has 0 bridgehead atoms. The first-order chi connectivity index (χ1) is 16.5. The van der Waals surface area contributed by atoms with E-state index in [0.29, 0.717) is 25.7 Å². The number of rotatable bonds is 6. The fraction of sp³-hybridized carbons (Fsp3) is 0.375. The number of aliphatic hydroxyl groups is 1. The van der Waals surface area contributed by atoms with E-state index in [1.807, 2.05) is 4.90 Å². The van der Waals surface area contributed by atoms with Gasteiger partial charge in [0, 0.05) is 44.4 Å². The maximum Gasteiger partial charge on any atom is 0.417 e. The Kier molecular flexibility index (Phi) is 8.11. The minimum atomic E-state index is -5.35. The number of nitrogens with zero attached hydrogens (tertiary/aromatic N) is 2. The van der Waals surface area contributed by atoms with Crippen LogP contribution >= 0.6 is 0 Å². The number of amides is 1. The highest BCUT2D eigenvalue weighted by atomic mass is 19.4. The Balaban J connectivity index is 2.10. The van der Waals surface area contributed by atoms with Crippen LogP contribution in [0.2, 0.25) is 0 Å². The topological polar surface area (TPSA) is 53.0 Å². The first-order valence-electron chi connectivity index (χ1n) is 10.7. The maximum absolute atomic E-state index is 14.0. The van der Waals surface area contributed by atoms with Crippen LogP contribution in [0.5, 0.6) is 5.75 Å². The van der Waals surface area contributed by atoms with Gasteiger partial charge in [0.2, 0.25) is 5.91 Å². The van der Waals surface area contributed by atoms with E-state index < -0.39 is 35.0 Å². The second-order valence-electron chi connectivity index (χ2n) is 7.87. The summed E-state index contributed by atoms with van der Waals surface area (Å²) in [5, 5.41) is 9.02. The Hall–Kier alpha value is -3.05. The summed E-state index contributed by atoms with van der Waals surface area (Å²) >= 11 is 0. The lowest BCUT2D eigenvalue weighted by Crippen LogP contribution is -2.48. The van der Waals surface area contributed by atoms with Crippen molar-refractivity contribution in [2.75, 3.05) is 46.4 Å². The van der Waals surface area contributed by atoms with Gasteiger partial charge >= 0.3 is 12.4 Å². The number of halogens is 6. The van der Waals surface area contributed by atoms with Crippen molar-refractivity contribution in [3.63, 3.8) is 0 Å². The van der Waals surface area contributed by atoms with Gasteiger partial charge in [0.25, 0.3) is 0 Å². The molecule has 1 saturated heterocycles. The third kappa shape index (κ3) is 6.15. The molecule has 1 aliphatic heterocycles. The predicted octanol–water partition coefficient (Wildman–Crippen LogP) is 4.55. The van der Waals surface area contributed by atoms with Crippen molar-refractivity contribution in [1.29, 1.82) is 0 Å². The molecule has 1 aliphatic rings. The molecule has 0 aromatic heterocycles. The Bertz CT molecular complexity index is 1070. The molecule has 11 heteroatoms. The number of alkyl halides is 6. The van der Waals surface area contributed by atoms with Crippen LogP contribution in [-0.2, 0) is 17.1 Å². The van der Waals surface area contributed by atoms with Gasteiger partial charge in [-0.05, 0) is 29.3 Å². The molecule has 1 heterocycles. The van der Waals surface area contributed by atoms with Crippen LogP contribution in [0.25, 0.3) is 17.2 Å². The van der Waals surface area contributed by atoms with Crippen LogP contribution in [0.3, 0.4) is 0 Å². The number of β-amino-alcohol motifs (C(OH)–C–C–N with tert-alkyl or cyclic N) is 1. The highest BCUT2D eigenvalue weighted by Crippen LogP contribution is 2.46. The second kappa shape index (κ2) is 10.7. The SMILES string of the molecule is COc1ccccc1-c1ccc(C(F)(F)F)c(C(F)(F)F)c1/C=C/C(=O)N1CCN(CCO)CC1. The van der Waals surface area contributed by atoms with Crippen molar-refractivity contribution in [3.8, 4) is 16.9 Å². The highest BCUT2D eigenvalue weighted by Gasteiger charge is 2.45. The highest BCUT2D eigenvalue weighted by molar-refractivity contribution is 5.94. The maximum atomic E-state index is 14.0. The number of carbonyl (C=O) groups is 1. The fourth-order valence-corrected chi connectivity index (χ4v) is 4.03. The zero-order chi connectivity index (χ0) is 25.8. The number of ether oxygens (including phenoxy) is 1. The molecule has 190 valence electrons.